The van der Waals surface area contributed by atoms with Crippen LogP contribution in [0.15, 0.2) is 40.9 Å². The van der Waals surface area contributed by atoms with Gasteiger partial charge < -0.3 is 19.6 Å². The van der Waals surface area contributed by atoms with Gasteiger partial charge in [0, 0.05) is 51.1 Å². The fourth-order valence-electron chi connectivity index (χ4n) is 2.74. The molecule has 0 unspecified atom stereocenters. The Hall–Kier alpha value is -2.84. The van der Waals surface area contributed by atoms with Gasteiger partial charge >= 0.3 is 0 Å². The molecule has 1 amide bonds. The van der Waals surface area contributed by atoms with Gasteiger partial charge in [-0.3, -0.25) is 10.2 Å². The van der Waals surface area contributed by atoms with Crippen molar-refractivity contribution in [2.75, 3.05) is 33.1 Å². The fourth-order valence-corrected chi connectivity index (χ4v) is 3.70. The van der Waals surface area contributed by atoms with Crippen LogP contribution in [-0.4, -0.2) is 50.0 Å². The molecule has 9 heteroatoms. The van der Waals surface area contributed by atoms with Crippen LogP contribution in [0.25, 0.3) is 11.3 Å². The number of hydrogen-bond donors (Lipinski definition) is 2. The molecule has 0 spiro atoms. The smallest absolute Gasteiger partial charge is 0.261 e. The van der Waals surface area contributed by atoms with Gasteiger partial charge in [0.15, 0.2) is 5.76 Å². The molecule has 0 aliphatic carbocycles. The summed E-state index contributed by atoms with van der Waals surface area (Å²) in [7, 11) is 7.56. The Balaban J connectivity index is 1.78. The Morgan fingerprint density at radius 1 is 1.21 bits per heavy atom. The van der Waals surface area contributed by atoms with Crippen LogP contribution in [0, 0.1) is 5.41 Å². The number of amides is 1. The number of hydrogen-bond acceptors (Lipinski definition) is 6. The van der Waals surface area contributed by atoms with Crippen molar-refractivity contribution in [1.29, 1.82) is 5.41 Å². The zero-order valence-corrected chi connectivity index (χ0v) is 18.2. The maximum absolute atomic E-state index is 12.2. The van der Waals surface area contributed by atoms with Crippen LogP contribution in [0.2, 0.25) is 4.34 Å². The molecule has 0 aliphatic heterocycles. The second-order valence-corrected chi connectivity index (χ2v) is 8.55. The average molecular weight is 432 g/mol. The first-order valence-corrected chi connectivity index (χ1v) is 10.0. The van der Waals surface area contributed by atoms with Crippen molar-refractivity contribution >= 4 is 40.4 Å². The largest absolute Gasteiger partial charge is 0.377 e. The zero-order valence-electron chi connectivity index (χ0n) is 16.6. The summed E-state index contributed by atoms with van der Waals surface area (Å²) in [5.74, 6) is 0.767. The van der Waals surface area contributed by atoms with E-state index < -0.39 is 0 Å². The molecular formula is C20H22ClN5O2S. The van der Waals surface area contributed by atoms with Gasteiger partial charge in [0.1, 0.15) is 11.5 Å². The SMILES string of the molecule is CN(C)C(=N)c1ccc(-c2cc(CNC(=O)c3ccc(Cl)s3)on2)c(N(C)C)c1. The van der Waals surface area contributed by atoms with Crippen molar-refractivity contribution < 1.29 is 9.32 Å². The van der Waals surface area contributed by atoms with Crippen LogP contribution in [0.4, 0.5) is 5.69 Å². The van der Waals surface area contributed by atoms with Gasteiger partial charge in [0.25, 0.3) is 5.91 Å². The molecule has 2 N–H and O–H groups in total. The molecule has 0 saturated heterocycles. The van der Waals surface area contributed by atoms with E-state index in [1.165, 1.54) is 11.3 Å². The van der Waals surface area contributed by atoms with Crippen LogP contribution >= 0.6 is 22.9 Å². The minimum absolute atomic E-state index is 0.208. The summed E-state index contributed by atoms with van der Waals surface area (Å²) in [5, 5.41) is 15.2. The molecule has 29 heavy (non-hydrogen) atoms. The highest BCUT2D eigenvalue weighted by atomic mass is 35.5. The highest BCUT2D eigenvalue weighted by Crippen LogP contribution is 2.31. The molecular weight excluding hydrogens is 410 g/mol. The van der Waals surface area contributed by atoms with Gasteiger partial charge in [-0.2, -0.15) is 0 Å². The highest BCUT2D eigenvalue weighted by Gasteiger charge is 2.16. The van der Waals surface area contributed by atoms with E-state index in [2.05, 4.69) is 10.5 Å². The third kappa shape index (κ3) is 4.78. The number of aromatic nitrogens is 1. The summed E-state index contributed by atoms with van der Waals surface area (Å²) in [4.78, 5) is 16.4. The van der Waals surface area contributed by atoms with Crippen molar-refractivity contribution in [3.63, 3.8) is 0 Å². The van der Waals surface area contributed by atoms with Crippen LogP contribution < -0.4 is 10.2 Å². The van der Waals surface area contributed by atoms with E-state index in [0.29, 0.717) is 26.5 Å². The lowest BCUT2D eigenvalue weighted by molar-refractivity contribution is 0.0951. The van der Waals surface area contributed by atoms with Crippen molar-refractivity contribution in [2.24, 2.45) is 0 Å². The second-order valence-electron chi connectivity index (χ2n) is 6.83. The summed E-state index contributed by atoms with van der Waals surface area (Å²) in [6.45, 7) is 0.224. The lowest BCUT2D eigenvalue weighted by atomic mass is 10.0. The number of carbonyl (C=O) groups is 1. The van der Waals surface area contributed by atoms with E-state index in [-0.39, 0.29) is 12.5 Å². The van der Waals surface area contributed by atoms with E-state index in [9.17, 15) is 4.79 Å². The first kappa shape index (κ1) is 20.9. The summed E-state index contributed by atoms with van der Waals surface area (Å²) in [6.07, 6.45) is 0. The van der Waals surface area contributed by atoms with Crippen LogP contribution in [0.3, 0.4) is 0 Å². The maximum atomic E-state index is 12.2. The number of rotatable bonds is 6. The molecule has 0 saturated carbocycles. The van der Waals surface area contributed by atoms with Crippen LogP contribution in [0.5, 0.6) is 0 Å². The number of carbonyl (C=O) groups excluding carboxylic acids is 1. The van der Waals surface area contributed by atoms with Gasteiger partial charge in [-0.25, -0.2) is 0 Å². The van der Waals surface area contributed by atoms with E-state index in [0.717, 1.165) is 16.8 Å². The first-order valence-electron chi connectivity index (χ1n) is 8.83. The molecule has 7 nitrogen and oxygen atoms in total. The van der Waals surface area contributed by atoms with Crippen molar-refractivity contribution in [3.05, 3.63) is 56.9 Å². The average Bonchev–Trinajstić information content (AvgIpc) is 3.34. The minimum Gasteiger partial charge on any atom is -0.377 e. The minimum atomic E-state index is -0.208. The first-order chi connectivity index (χ1) is 13.8. The molecule has 0 radical (unpaired) electrons. The number of nitrogens with one attached hydrogen (secondary N) is 2. The van der Waals surface area contributed by atoms with E-state index in [4.69, 9.17) is 21.5 Å². The third-order valence-corrected chi connectivity index (χ3v) is 5.49. The Kier molecular flexibility index (Phi) is 6.24. The second kappa shape index (κ2) is 8.67. The normalized spacial score (nSPS) is 10.7. The van der Waals surface area contributed by atoms with E-state index >= 15 is 0 Å². The molecule has 0 fully saturated rings. The van der Waals surface area contributed by atoms with Gasteiger partial charge in [0.2, 0.25) is 0 Å². The number of anilines is 1. The van der Waals surface area contributed by atoms with E-state index in [1.54, 1.807) is 23.1 Å². The number of amidine groups is 1. The lowest BCUT2D eigenvalue weighted by Gasteiger charge is -2.20. The quantitative estimate of drug-likeness (QED) is 0.456. The summed E-state index contributed by atoms with van der Waals surface area (Å²) >= 11 is 7.10. The van der Waals surface area contributed by atoms with Crippen LogP contribution in [0.1, 0.15) is 21.0 Å². The topological polar surface area (TPSA) is 85.5 Å². The fraction of sp³-hybridized carbons (Fsp3) is 0.250. The van der Waals surface area contributed by atoms with Gasteiger partial charge in [-0.1, -0.05) is 22.8 Å². The van der Waals surface area contributed by atoms with E-state index in [1.807, 2.05) is 51.3 Å². The standard InChI is InChI=1S/C20H22ClN5O2S/c1-25(2)16-9-12(19(22)26(3)4)5-6-14(16)15-10-13(28-24-15)11-23-20(27)17-7-8-18(21)29-17/h5-10,22H,11H2,1-4H3,(H,23,27). The van der Waals surface area contributed by atoms with Gasteiger partial charge in [-0.15, -0.1) is 11.3 Å². The predicted molar refractivity (Wildman–Crippen MR) is 117 cm³/mol. The molecule has 0 bridgehead atoms. The van der Waals surface area contributed by atoms with Crippen molar-refractivity contribution in [2.45, 2.75) is 6.54 Å². The Bertz CT molecular complexity index is 1040. The zero-order chi connectivity index (χ0) is 21.1. The number of nitrogens with zero attached hydrogens (tertiary/aromatic N) is 3. The predicted octanol–water partition coefficient (Wildman–Crippen LogP) is 3.94. The summed E-state index contributed by atoms with van der Waals surface area (Å²) < 4.78 is 5.97. The number of thiophene rings is 1. The van der Waals surface area contributed by atoms with Gasteiger partial charge in [0.05, 0.1) is 15.8 Å². The molecule has 1 aromatic carbocycles. The lowest BCUT2D eigenvalue weighted by Crippen LogP contribution is -2.22. The Morgan fingerprint density at radius 2 is 1.97 bits per heavy atom. The van der Waals surface area contributed by atoms with Crippen molar-refractivity contribution in [1.82, 2.24) is 15.4 Å². The molecule has 2 heterocycles. The van der Waals surface area contributed by atoms with Crippen molar-refractivity contribution in [3.8, 4) is 11.3 Å². The number of benzene rings is 1. The molecule has 0 aliphatic rings. The molecule has 3 rings (SSSR count). The third-order valence-electron chi connectivity index (χ3n) is 4.26. The highest BCUT2D eigenvalue weighted by molar-refractivity contribution is 7.17. The van der Waals surface area contributed by atoms with Crippen LogP contribution in [-0.2, 0) is 6.54 Å². The summed E-state index contributed by atoms with van der Waals surface area (Å²) in [5.41, 5.74) is 3.29. The monoisotopic (exact) mass is 431 g/mol. The Morgan fingerprint density at radius 3 is 2.59 bits per heavy atom. The number of halogens is 1. The summed E-state index contributed by atoms with van der Waals surface area (Å²) in [6, 6.07) is 11.0. The molecule has 0 atom stereocenters. The maximum Gasteiger partial charge on any atom is 0.261 e. The molecule has 152 valence electrons. The molecule has 3 aromatic rings. The Labute approximate surface area is 178 Å². The molecule has 2 aromatic heterocycles. The van der Waals surface area contributed by atoms with Gasteiger partial charge in [-0.05, 0) is 24.3 Å².